The van der Waals surface area contributed by atoms with Gasteiger partial charge >= 0.3 is 0 Å². The molecule has 1 aromatic carbocycles. The first-order valence-corrected chi connectivity index (χ1v) is 9.59. The third-order valence-corrected chi connectivity index (χ3v) is 4.73. The van der Waals surface area contributed by atoms with Crippen LogP contribution in [0.2, 0.25) is 0 Å². The highest BCUT2D eigenvalue weighted by Gasteiger charge is 2.14. The summed E-state index contributed by atoms with van der Waals surface area (Å²) in [6.07, 6.45) is 11.6. The van der Waals surface area contributed by atoms with Crippen molar-refractivity contribution in [3.8, 4) is 0 Å². The van der Waals surface area contributed by atoms with Crippen LogP contribution in [0, 0.1) is 0 Å². The Morgan fingerprint density at radius 3 is 2.16 bits per heavy atom. The Bertz CT molecular complexity index is 571. The van der Waals surface area contributed by atoms with Crippen molar-refractivity contribution < 1.29 is 0 Å². The first-order chi connectivity index (χ1) is 12.1. The largest absolute Gasteiger partial charge is 0.297 e. The Hall–Kier alpha value is -1.64. The summed E-state index contributed by atoms with van der Waals surface area (Å²) in [5, 5.41) is 0. The molecular formula is C23H34N2. The number of allylic oxidation sites excluding steroid dienone is 3. The van der Waals surface area contributed by atoms with E-state index in [9.17, 15) is 0 Å². The van der Waals surface area contributed by atoms with Gasteiger partial charge in [0.25, 0.3) is 0 Å². The Morgan fingerprint density at radius 2 is 1.52 bits per heavy atom. The van der Waals surface area contributed by atoms with Crippen LogP contribution >= 0.6 is 0 Å². The zero-order chi connectivity index (χ0) is 17.9. The van der Waals surface area contributed by atoms with Crippen LogP contribution in [-0.4, -0.2) is 49.1 Å². The van der Waals surface area contributed by atoms with Crippen LogP contribution in [-0.2, 0) is 0 Å². The van der Waals surface area contributed by atoms with Crippen molar-refractivity contribution in [2.45, 2.75) is 33.6 Å². The maximum absolute atomic E-state index is 2.57. The van der Waals surface area contributed by atoms with Gasteiger partial charge in [-0.1, -0.05) is 65.8 Å². The predicted molar refractivity (Wildman–Crippen MR) is 111 cm³/mol. The Labute approximate surface area is 154 Å². The van der Waals surface area contributed by atoms with E-state index in [0.29, 0.717) is 0 Å². The van der Waals surface area contributed by atoms with Gasteiger partial charge in [0.1, 0.15) is 0 Å². The average molecular weight is 339 g/mol. The topological polar surface area (TPSA) is 6.48 Å². The van der Waals surface area contributed by atoms with E-state index in [4.69, 9.17) is 0 Å². The van der Waals surface area contributed by atoms with Crippen molar-refractivity contribution in [2.75, 3.05) is 39.3 Å². The highest BCUT2D eigenvalue weighted by atomic mass is 15.3. The zero-order valence-corrected chi connectivity index (χ0v) is 16.2. The second kappa shape index (κ2) is 11.1. The van der Waals surface area contributed by atoms with Gasteiger partial charge < -0.3 is 0 Å². The van der Waals surface area contributed by atoms with Crippen LogP contribution in [0.5, 0.6) is 0 Å². The van der Waals surface area contributed by atoms with Crippen molar-refractivity contribution in [3.63, 3.8) is 0 Å². The van der Waals surface area contributed by atoms with Gasteiger partial charge in [-0.05, 0) is 39.2 Å². The van der Waals surface area contributed by atoms with E-state index < -0.39 is 0 Å². The minimum absolute atomic E-state index is 1.06. The molecular weight excluding hydrogens is 304 g/mol. The smallest absolute Gasteiger partial charge is 0.0167 e. The molecule has 136 valence electrons. The van der Waals surface area contributed by atoms with Gasteiger partial charge in [-0.25, -0.2) is 0 Å². The first-order valence-electron chi connectivity index (χ1n) is 9.59. The molecule has 0 saturated carbocycles. The number of rotatable bonds is 8. The fourth-order valence-electron chi connectivity index (χ4n) is 3.03. The molecule has 1 saturated heterocycles. The minimum atomic E-state index is 1.06. The van der Waals surface area contributed by atoms with Gasteiger partial charge in [-0.2, -0.15) is 0 Å². The molecule has 0 N–H and O–H groups in total. The summed E-state index contributed by atoms with van der Waals surface area (Å²) in [6, 6.07) is 10.6. The molecule has 0 aliphatic carbocycles. The van der Waals surface area contributed by atoms with Crippen LogP contribution in [0.1, 0.15) is 39.2 Å². The predicted octanol–water partition coefficient (Wildman–Crippen LogP) is 5.01. The molecule has 0 atom stereocenters. The minimum Gasteiger partial charge on any atom is -0.297 e. The Kier molecular flexibility index (Phi) is 8.71. The number of benzene rings is 1. The number of hydrogen-bond donors (Lipinski definition) is 0. The van der Waals surface area contributed by atoms with E-state index in [1.165, 1.54) is 55.7 Å². The number of piperazine rings is 1. The molecule has 2 nitrogen and oxygen atoms in total. The van der Waals surface area contributed by atoms with Gasteiger partial charge in [-0.3, -0.25) is 9.80 Å². The summed E-state index contributed by atoms with van der Waals surface area (Å²) in [5.74, 6) is 0. The van der Waals surface area contributed by atoms with Crippen molar-refractivity contribution in [1.29, 1.82) is 0 Å². The molecule has 0 bridgehead atoms. The molecule has 0 amide bonds. The van der Waals surface area contributed by atoms with Gasteiger partial charge in [0.05, 0.1) is 0 Å². The van der Waals surface area contributed by atoms with Crippen LogP contribution < -0.4 is 0 Å². The van der Waals surface area contributed by atoms with Gasteiger partial charge in [0.15, 0.2) is 0 Å². The molecule has 25 heavy (non-hydrogen) atoms. The summed E-state index contributed by atoms with van der Waals surface area (Å²) < 4.78 is 0. The number of nitrogens with zero attached hydrogens (tertiary/aromatic N) is 2. The summed E-state index contributed by atoms with van der Waals surface area (Å²) >= 11 is 0. The molecule has 2 heteroatoms. The quantitative estimate of drug-likeness (QED) is 0.615. The van der Waals surface area contributed by atoms with Crippen molar-refractivity contribution >= 4 is 6.08 Å². The first kappa shape index (κ1) is 19.7. The summed E-state index contributed by atoms with van der Waals surface area (Å²) in [6.45, 7) is 13.5. The van der Waals surface area contributed by atoms with Gasteiger partial charge in [-0.15, -0.1) is 0 Å². The summed E-state index contributed by atoms with van der Waals surface area (Å²) in [5.41, 5.74) is 4.23. The fraction of sp³-hybridized carbons (Fsp3) is 0.478. The highest BCUT2D eigenvalue weighted by Crippen LogP contribution is 2.09. The van der Waals surface area contributed by atoms with Crippen molar-refractivity contribution in [3.05, 3.63) is 65.3 Å². The lowest BCUT2D eigenvalue weighted by Crippen LogP contribution is -2.46. The Balaban J connectivity index is 1.64. The lowest BCUT2D eigenvalue weighted by molar-refractivity contribution is 0.153. The van der Waals surface area contributed by atoms with E-state index in [1.807, 2.05) is 0 Å². The molecule has 0 spiro atoms. The molecule has 2 rings (SSSR count). The van der Waals surface area contributed by atoms with Gasteiger partial charge in [0.2, 0.25) is 0 Å². The summed E-state index contributed by atoms with van der Waals surface area (Å²) in [7, 11) is 0. The zero-order valence-electron chi connectivity index (χ0n) is 16.2. The standard InChI is InChI=1S/C23H34N2/c1-21(2)9-7-10-22(3)14-16-25-19-17-24(18-20-25)15-8-13-23-11-5-4-6-12-23/h4-6,8-9,11-14H,7,10,15-20H2,1-3H3/b13-8+,22-14+. The van der Waals surface area contributed by atoms with E-state index in [0.717, 1.165) is 13.1 Å². The molecule has 0 aromatic heterocycles. The van der Waals surface area contributed by atoms with E-state index >= 15 is 0 Å². The number of hydrogen-bond acceptors (Lipinski definition) is 2. The van der Waals surface area contributed by atoms with Crippen LogP contribution in [0.15, 0.2) is 59.7 Å². The van der Waals surface area contributed by atoms with Crippen molar-refractivity contribution in [2.24, 2.45) is 0 Å². The van der Waals surface area contributed by atoms with Crippen LogP contribution in [0.4, 0.5) is 0 Å². The normalized spacial score (nSPS) is 17.2. The van der Waals surface area contributed by atoms with Crippen LogP contribution in [0.3, 0.4) is 0 Å². The maximum atomic E-state index is 2.57. The second-order valence-corrected chi connectivity index (χ2v) is 7.28. The molecule has 0 radical (unpaired) electrons. The molecule has 0 unspecified atom stereocenters. The monoisotopic (exact) mass is 338 g/mol. The summed E-state index contributed by atoms with van der Waals surface area (Å²) in [4.78, 5) is 5.11. The maximum Gasteiger partial charge on any atom is 0.0167 e. The van der Waals surface area contributed by atoms with E-state index in [1.54, 1.807) is 0 Å². The molecule has 1 aliphatic heterocycles. The van der Waals surface area contributed by atoms with Gasteiger partial charge in [0, 0.05) is 39.3 Å². The van der Waals surface area contributed by atoms with Crippen LogP contribution in [0.25, 0.3) is 6.08 Å². The Morgan fingerprint density at radius 1 is 0.880 bits per heavy atom. The second-order valence-electron chi connectivity index (χ2n) is 7.28. The molecule has 1 fully saturated rings. The lowest BCUT2D eigenvalue weighted by atomic mass is 10.1. The van der Waals surface area contributed by atoms with E-state index in [-0.39, 0.29) is 0 Å². The highest BCUT2D eigenvalue weighted by molar-refractivity contribution is 5.48. The fourth-order valence-corrected chi connectivity index (χ4v) is 3.03. The van der Waals surface area contributed by atoms with E-state index in [2.05, 4.69) is 85.2 Å². The third-order valence-electron chi connectivity index (χ3n) is 4.73. The molecule has 1 heterocycles. The SMILES string of the molecule is CC(C)=CCC/C(C)=C/CN1CCN(C/C=C/c2ccccc2)CC1. The lowest BCUT2D eigenvalue weighted by Gasteiger charge is -2.33. The molecule has 1 aliphatic rings. The third kappa shape index (κ3) is 8.33. The average Bonchev–Trinajstić information content (AvgIpc) is 2.62. The van der Waals surface area contributed by atoms with Crippen molar-refractivity contribution in [1.82, 2.24) is 9.80 Å². The molecule has 1 aromatic rings.